The molecule has 6 atom stereocenters. The van der Waals surface area contributed by atoms with Crippen LogP contribution >= 0.6 is 0 Å². The number of halogens is 3. The van der Waals surface area contributed by atoms with Crippen LogP contribution in [0.3, 0.4) is 0 Å². The minimum absolute atomic E-state index is 0.00906. The van der Waals surface area contributed by atoms with E-state index in [1.165, 1.54) is 25.7 Å². The van der Waals surface area contributed by atoms with E-state index >= 15 is 0 Å². The lowest BCUT2D eigenvalue weighted by atomic mass is 9.85. The largest absolute Gasteiger partial charge is 0.471 e. The molecule has 1 aliphatic carbocycles. The quantitative estimate of drug-likeness (QED) is 0.506. The van der Waals surface area contributed by atoms with Gasteiger partial charge < -0.3 is 20.9 Å². The van der Waals surface area contributed by atoms with Crippen LogP contribution in [0.4, 0.5) is 13.2 Å². The Bertz CT molecular complexity index is 910. The molecule has 9 nitrogen and oxygen atoms in total. The van der Waals surface area contributed by atoms with Crippen LogP contribution in [0, 0.1) is 34.5 Å². The topological polar surface area (TPSA) is 131 Å². The van der Waals surface area contributed by atoms with Crippen molar-refractivity contribution in [3.8, 4) is 6.07 Å². The fourth-order valence-corrected chi connectivity index (χ4v) is 5.45. The summed E-state index contributed by atoms with van der Waals surface area (Å²) >= 11 is 0. The number of amides is 4. The number of nitrogens with one attached hydrogen (secondary N) is 3. The molecular formula is C23H32F3N5O4. The molecule has 4 amide bonds. The number of carbonyl (C=O) groups excluding carboxylic acids is 4. The van der Waals surface area contributed by atoms with Gasteiger partial charge >= 0.3 is 12.1 Å². The molecule has 194 valence electrons. The number of hydrogen-bond donors (Lipinski definition) is 3. The summed E-state index contributed by atoms with van der Waals surface area (Å²) in [7, 11) is 0. The third kappa shape index (κ3) is 5.87. The van der Waals surface area contributed by atoms with Crippen LogP contribution in [0.25, 0.3) is 0 Å². The molecule has 0 aromatic heterocycles. The van der Waals surface area contributed by atoms with Crippen molar-refractivity contribution >= 4 is 23.6 Å². The van der Waals surface area contributed by atoms with Crippen LogP contribution in [0.15, 0.2) is 0 Å². The first-order valence-corrected chi connectivity index (χ1v) is 11.9. The summed E-state index contributed by atoms with van der Waals surface area (Å²) in [5.41, 5.74) is -1.05. The number of nitriles is 1. The van der Waals surface area contributed by atoms with Crippen molar-refractivity contribution in [3.63, 3.8) is 0 Å². The van der Waals surface area contributed by atoms with Crippen LogP contribution in [0.1, 0.15) is 52.9 Å². The zero-order valence-corrected chi connectivity index (χ0v) is 20.1. The minimum Gasteiger partial charge on any atom is -0.356 e. The zero-order chi connectivity index (χ0) is 26.1. The molecule has 0 radical (unpaired) electrons. The molecule has 3 fully saturated rings. The van der Waals surface area contributed by atoms with E-state index in [1.807, 2.05) is 11.4 Å². The first-order chi connectivity index (χ1) is 16.2. The summed E-state index contributed by atoms with van der Waals surface area (Å²) in [4.78, 5) is 51.7. The number of nitrogens with zero attached hydrogens (tertiary/aromatic N) is 2. The number of hydrogen-bond acceptors (Lipinski definition) is 5. The standard InChI is InChI=1S/C23H32F3N5O4/c1-22(2,3)17(30-21(35)23(24,25)26)20(34)31-11-13-5-4-6-15(13)16(31)19(33)29-14(10-27)9-12-7-8-28-18(12)32/h12-17H,4-9,11H2,1-3H3,(H,28,32)(H,29,33)(H,30,35)/t12-,13-,14-,15-,16-,17+/m0/s1. The molecular weight excluding hydrogens is 467 g/mol. The van der Waals surface area contributed by atoms with E-state index in [1.54, 1.807) is 0 Å². The van der Waals surface area contributed by atoms with Crippen molar-refractivity contribution in [1.29, 1.82) is 5.26 Å². The molecule has 2 saturated heterocycles. The molecule has 3 rings (SSSR count). The zero-order valence-electron chi connectivity index (χ0n) is 20.1. The second kappa shape index (κ2) is 10.0. The maximum Gasteiger partial charge on any atom is 0.471 e. The second-order valence-electron chi connectivity index (χ2n) is 10.8. The Hall–Kier alpha value is -2.84. The van der Waals surface area contributed by atoms with Gasteiger partial charge in [-0.1, -0.05) is 27.2 Å². The van der Waals surface area contributed by atoms with E-state index in [-0.39, 0.29) is 30.7 Å². The van der Waals surface area contributed by atoms with E-state index in [0.717, 1.165) is 12.8 Å². The monoisotopic (exact) mass is 499 g/mol. The highest BCUT2D eigenvalue weighted by Gasteiger charge is 2.53. The number of fused-ring (bicyclic) bond motifs is 1. The van der Waals surface area contributed by atoms with Crippen LogP contribution in [-0.2, 0) is 19.2 Å². The lowest BCUT2D eigenvalue weighted by Gasteiger charge is -2.36. The fraction of sp³-hybridized carbons (Fsp3) is 0.783. The maximum absolute atomic E-state index is 13.5. The van der Waals surface area contributed by atoms with Gasteiger partial charge in [-0.3, -0.25) is 19.2 Å². The Morgan fingerprint density at radius 1 is 1.17 bits per heavy atom. The Morgan fingerprint density at radius 3 is 2.40 bits per heavy atom. The third-order valence-electron chi connectivity index (χ3n) is 7.24. The summed E-state index contributed by atoms with van der Waals surface area (Å²) in [6.07, 6.45) is -2.17. The van der Waals surface area contributed by atoms with E-state index in [0.29, 0.717) is 19.4 Å². The third-order valence-corrected chi connectivity index (χ3v) is 7.24. The highest BCUT2D eigenvalue weighted by Crippen LogP contribution is 2.43. The molecule has 2 aliphatic heterocycles. The lowest BCUT2D eigenvalue weighted by molar-refractivity contribution is -0.176. The molecule has 0 aromatic carbocycles. The summed E-state index contributed by atoms with van der Waals surface area (Å²) in [6.45, 7) is 5.31. The first-order valence-electron chi connectivity index (χ1n) is 11.9. The first kappa shape index (κ1) is 26.8. The van der Waals surface area contributed by atoms with E-state index < -0.39 is 53.4 Å². The normalized spacial score (nSPS) is 28.0. The van der Waals surface area contributed by atoms with Gasteiger partial charge in [-0.25, -0.2) is 0 Å². The molecule has 2 heterocycles. The van der Waals surface area contributed by atoms with Crippen molar-refractivity contribution < 1.29 is 32.3 Å². The molecule has 0 aromatic rings. The molecule has 1 saturated carbocycles. The van der Waals surface area contributed by atoms with Crippen molar-refractivity contribution in [2.75, 3.05) is 13.1 Å². The number of alkyl halides is 3. The average molecular weight is 500 g/mol. The van der Waals surface area contributed by atoms with Gasteiger partial charge in [0, 0.05) is 19.0 Å². The minimum atomic E-state index is -5.16. The van der Waals surface area contributed by atoms with Gasteiger partial charge in [-0.2, -0.15) is 18.4 Å². The van der Waals surface area contributed by atoms with Crippen molar-refractivity contribution in [3.05, 3.63) is 0 Å². The van der Waals surface area contributed by atoms with Gasteiger partial charge in [-0.15, -0.1) is 0 Å². The molecule has 12 heteroatoms. The predicted octanol–water partition coefficient (Wildman–Crippen LogP) is 1.24. The lowest BCUT2D eigenvalue weighted by Crippen LogP contribution is -2.60. The van der Waals surface area contributed by atoms with E-state index in [9.17, 15) is 37.6 Å². The maximum atomic E-state index is 13.5. The Morgan fingerprint density at radius 2 is 1.86 bits per heavy atom. The molecule has 0 spiro atoms. The van der Waals surface area contributed by atoms with Crippen LogP contribution < -0.4 is 16.0 Å². The summed E-state index contributed by atoms with van der Waals surface area (Å²) < 4.78 is 38.8. The molecule has 3 N–H and O–H groups in total. The van der Waals surface area contributed by atoms with E-state index in [2.05, 4.69) is 10.6 Å². The number of rotatable bonds is 6. The second-order valence-corrected chi connectivity index (χ2v) is 10.8. The van der Waals surface area contributed by atoms with Crippen molar-refractivity contribution in [2.24, 2.45) is 23.2 Å². The van der Waals surface area contributed by atoms with Gasteiger partial charge in [0.15, 0.2) is 0 Å². The fourth-order valence-electron chi connectivity index (χ4n) is 5.45. The van der Waals surface area contributed by atoms with Crippen molar-refractivity contribution in [2.45, 2.75) is 77.2 Å². The van der Waals surface area contributed by atoms with Gasteiger partial charge in [0.2, 0.25) is 17.7 Å². The summed E-state index contributed by atoms with van der Waals surface area (Å²) in [5.74, 6) is -4.29. The highest BCUT2D eigenvalue weighted by atomic mass is 19.4. The smallest absolute Gasteiger partial charge is 0.356 e. The predicted molar refractivity (Wildman–Crippen MR) is 117 cm³/mol. The van der Waals surface area contributed by atoms with Crippen LogP contribution in [0.5, 0.6) is 0 Å². The molecule has 0 unspecified atom stereocenters. The Kier molecular flexibility index (Phi) is 7.67. The van der Waals surface area contributed by atoms with Gasteiger partial charge in [0.25, 0.3) is 0 Å². The Balaban J connectivity index is 1.81. The molecule has 35 heavy (non-hydrogen) atoms. The van der Waals surface area contributed by atoms with Gasteiger partial charge in [0.05, 0.1) is 6.07 Å². The Labute approximate surface area is 202 Å². The molecule has 3 aliphatic rings. The van der Waals surface area contributed by atoms with Crippen LogP contribution in [-0.4, -0.2) is 65.9 Å². The molecule has 0 bridgehead atoms. The highest BCUT2D eigenvalue weighted by molar-refractivity contribution is 5.94. The SMILES string of the molecule is CC(C)(C)[C@H](NC(=O)C(F)(F)F)C(=O)N1C[C@@H]2CCC[C@@H]2[C@H]1C(=O)N[C@H](C#N)C[C@@H]1CCNC1=O. The summed E-state index contributed by atoms with van der Waals surface area (Å²) in [6, 6.07) is -1.41. The number of carbonyl (C=O) groups is 4. The van der Waals surface area contributed by atoms with Gasteiger partial charge in [0.1, 0.15) is 18.1 Å². The van der Waals surface area contributed by atoms with E-state index in [4.69, 9.17) is 0 Å². The van der Waals surface area contributed by atoms with Crippen molar-refractivity contribution in [1.82, 2.24) is 20.9 Å². The van der Waals surface area contributed by atoms with Gasteiger partial charge in [-0.05, 0) is 42.9 Å². The van der Waals surface area contributed by atoms with Crippen LogP contribution in [0.2, 0.25) is 0 Å². The summed E-state index contributed by atoms with van der Waals surface area (Å²) in [5, 5.41) is 16.7. The number of likely N-dealkylation sites (tertiary alicyclic amines) is 1. The average Bonchev–Trinajstić information content (AvgIpc) is 3.45.